The fourth-order valence-corrected chi connectivity index (χ4v) is 3.70. The highest BCUT2D eigenvalue weighted by atomic mass is 19.1. The minimum absolute atomic E-state index is 0.0909. The van der Waals surface area contributed by atoms with Crippen molar-refractivity contribution in [2.24, 2.45) is 0 Å². The van der Waals surface area contributed by atoms with Gasteiger partial charge in [-0.25, -0.2) is 14.0 Å². The van der Waals surface area contributed by atoms with Crippen molar-refractivity contribution < 1.29 is 23.5 Å². The van der Waals surface area contributed by atoms with Crippen LogP contribution in [0, 0.1) is 0 Å². The predicted octanol–water partition coefficient (Wildman–Crippen LogP) is 4.60. The Labute approximate surface area is 170 Å². The summed E-state index contributed by atoms with van der Waals surface area (Å²) in [4.78, 5) is 24.5. The Kier molecular flexibility index (Phi) is 6.20. The summed E-state index contributed by atoms with van der Waals surface area (Å²) >= 11 is 0. The van der Waals surface area contributed by atoms with Crippen molar-refractivity contribution in [2.75, 3.05) is 13.2 Å². The van der Waals surface area contributed by atoms with Crippen LogP contribution in [0.3, 0.4) is 0 Å². The van der Waals surface area contributed by atoms with E-state index in [2.05, 4.69) is 5.32 Å². The molecule has 1 amide bonds. The van der Waals surface area contributed by atoms with E-state index >= 15 is 0 Å². The predicted molar refractivity (Wildman–Crippen MR) is 108 cm³/mol. The summed E-state index contributed by atoms with van der Waals surface area (Å²) in [6.45, 7) is 4.61. The first kappa shape index (κ1) is 20.8. The zero-order chi connectivity index (χ0) is 21.0. The first-order valence-electron chi connectivity index (χ1n) is 9.77. The molecule has 0 saturated carbocycles. The van der Waals surface area contributed by atoms with Crippen LogP contribution in [-0.2, 0) is 14.3 Å². The van der Waals surface area contributed by atoms with Gasteiger partial charge in [0.15, 0.2) is 0 Å². The number of alkyl halides is 1. The van der Waals surface area contributed by atoms with Gasteiger partial charge in [-0.2, -0.15) is 0 Å². The van der Waals surface area contributed by atoms with Gasteiger partial charge in [-0.05, 0) is 43.0 Å². The van der Waals surface area contributed by atoms with E-state index in [1.807, 2.05) is 48.5 Å². The van der Waals surface area contributed by atoms with Gasteiger partial charge in [-0.15, -0.1) is 0 Å². The molecule has 0 spiro atoms. The molecule has 1 N–H and O–H groups in total. The van der Waals surface area contributed by atoms with Gasteiger partial charge in [0.2, 0.25) is 0 Å². The zero-order valence-electron chi connectivity index (χ0n) is 16.9. The Morgan fingerprint density at radius 2 is 1.59 bits per heavy atom. The molecular weight excluding hydrogens is 373 g/mol. The lowest BCUT2D eigenvalue weighted by atomic mass is 9.98. The molecule has 1 aliphatic rings. The zero-order valence-corrected chi connectivity index (χ0v) is 16.9. The molecule has 1 atom stereocenters. The number of amides is 1. The maximum atomic E-state index is 14.1. The number of fused-ring (bicyclic) bond motifs is 3. The topological polar surface area (TPSA) is 64.6 Å². The second-order valence-corrected chi connectivity index (χ2v) is 7.70. The van der Waals surface area contributed by atoms with Crippen LogP contribution < -0.4 is 5.32 Å². The Morgan fingerprint density at radius 1 is 1.03 bits per heavy atom. The highest BCUT2D eigenvalue weighted by Crippen LogP contribution is 2.44. The summed E-state index contributed by atoms with van der Waals surface area (Å²) in [6.07, 6.45) is -0.968. The van der Waals surface area contributed by atoms with Crippen molar-refractivity contribution in [2.45, 2.75) is 44.8 Å². The van der Waals surface area contributed by atoms with Crippen LogP contribution in [0.15, 0.2) is 48.5 Å². The Balaban J connectivity index is 1.69. The minimum atomic E-state index is -1.64. The standard InChI is InChI=1S/C23H26FNO4/c1-4-28-21(26)20(13-23(2,3)24)25-22(27)29-14-19-17-11-7-5-9-15(17)16-10-6-8-12-18(16)19/h5-12,19-20H,4,13-14H2,1-3H3,(H,25,27)/t20-/m0/s1. The Hall–Kier alpha value is -2.89. The molecule has 2 aromatic rings. The molecule has 2 aromatic carbocycles. The van der Waals surface area contributed by atoms with Gasteiger partial charge in [0, 0.05) is 12.3 Å². The molecule has 0 saturated heterocycles. The van der Waals surface area contributed by atoms with E-state index in [1.165, 1.54) is 13.8 Å². The maximum absolute atomic E-state index is 14.1. The highest BCUT2D eigenvalue weighted by molar-refractivity contribution is 5.82. The van der Waals surface area contributed by atoms with E-state index in [1.54, 1.807) is 6.92 Å². The number of nitrogens with one attached hydrogen (secondary N) is 1. The number of ether oxygens (including phenoxy) is 2. The fraction of sp³-hybridized carbons (Fsp3) is 0.391. The molecule has 0 bridgehead atoms. The lowest BCUT2D eigenvalue weighted by Gasteiger charge is -2.23. The van der Waals surface area contributed by atoms with Crippen LogP contribution in [0.2, 0.25) is 0 Å². The first-order valence-corrected chi connectivity index (χ1v) is 9.77. The number of carbonyl (C=O) groups excluding carboxylic acids is 2. The van der Waals surface area contributed by atoms with Gasteiger partial charge in [0.25, 0.3) is 0 Å². The van der Waals surface area contributed by atoms with Crippen molar-refractivity contribution in [1.29, 1.82) is 0 Å². The van der Waals surface area contributed by atoms with E-state index < -0.39 is 23.8 Å². The van der Waals surface area contributed by atoms with E-state index in [4.69, 9.17) is 9.47 Å². The molecule has 1 aliphatic carbocycles. The molecule has 5 nitrogen and oxygen atoms in total. The molecular formula is C23H26FNO4. The summed E-state index contributed by atoms with van der Waals surface area (Å²) in [7, 11) is 0. The van der Waals surface area contributed by atoms with Crippen LogP contribution in [0.1, 0.15) is 44.2 Å². The van der Waals surface area contributed by atoms with Gasteiger partial charge in [-0.1, -0.05) is 48.5 Å². The number of benzene rings is 2. The van der Waals surface area contributed by atoms with Crippen LogP contribution in [0.4, 0.5) is 9.18 Å². The minimum Gasteiger partial charge on any atom is -0.464 e. The third-order valence-corrected chi connectivity index (χ3v) is 4.90. The Morgan fingerprint density at radius 3 is 2.10 bits per heavy atom. The number of halogens is 1. The number of hydrogen-bond acceptors (Lipinski definition) is 4. The van der Waals surface area contributed by atoms with E-state index in [0.29, 0.717) is 0 Å². The van der Waals surface area contributed by atoms with Crippen molar-refractivity contribution in [3.05, 3.63) is 59.7 Å². The summed E-state index contributed by atoms with van der Waals surface area (Å²) in [5, 5.41) is 2.45. The van der Waals surface area contributed by atoms with Gasteiger partial charge >= 0.3 is 12.1 Å². The van der Waals surface area contributed by atoms with E-state index in [0.717, 1.165) is 22.3 Å². The molecule has 0 heterocycles. The van der Waals surface area contributed by atoms with Crippen molar-refractivity contribution in [3.8, 4) is 11.1 Å². The second-order valence-electron chi connectivity index (χ2n) is 7.70. The third-order valence-electron chi connectivity index (χ3n) is 4.90. The van der Waals surface area contributed by atoms with E-state index in [9.17, 15) is 14.0 Å². The van der Waals surface area contributed by atoms with Crippen LogP contribution in [0.5, 0.6) is 0 Å². The van der Waals surface area contributed by atoms with Gasteiger partial charge < -0.3 is 14.8 Å². The quantitative estimate of drug-likeness (QED) is 0.692. The first-order chi connectivity index (χ1) is 13.8. The van der Waals surface area contributed by atoms with Crippen LogP contribution in [-0.4, -0.2) is 37.0 Å². The molecule has 29 heavy (non-hydrogen) atoms. The van der Waals surface area contributed by atoms with Crippen molar-refractivity contribution in [3.63, 3.8) is 0 Å². The number of hydrogen-bond donors (Lipinski definition) is 1. The normalized spacial score (nSPS) is 13.9. The monoisotopic (exact) mass is 399 g/mol. The van der Waals surface area contributed by atoms with Gasteiger partial charge in [0.1, 0.15) is 18.3 Å². The lowest BCUT2D eigenvalue weighted by Crippen LogP contribution is -2.45. The summed E-state index contributed by atoms with van der Waals surface area (Å²) < 4.78 is 24.4. The van der Waals surface area contributed by atoms with E-state index in [-0.39, 0.29) is 25.6 Å². The maximum Gasteiger partial charge on any atom is 0.407 e. The lowest BCUT2D eigenvalue weighted by molar-refractivity contribution is -0.146. The molecule has 0 radical (unpaired) electrons. The smallest absolute Gasteiger partial charge is 0.407 e. The average Bonchev–Trinajstić information content (AvgIpc) is 2.99. The molecule has 0 aromatic heterocycles. The summed E-state index contributed by atoms with van der Waals surface area (Å²) in [5.41, 5.74) is 2.79. The molecule has 154 valence electrons. The molecule has 6 heteroatoms. The molecule has 3 rings (SSSR count). The molecule has 0 unspecified atom stereocenters. The number of alkyl carbamates (subject to hydrolysis) is 1. The Bertz CT molecular complexity index is 845. The van der Waals surface area contributed by atoms with Crippen molar-refractivity contribution >= 4 is 12.1 Å². The average molecular weight is 399 g/mol. The van der Waals surface area contributed by atoms with Gasteiger partial charge in [0.05, 0.1) is 6.61 Å². The summed E-state index contributed by atoms with van der Waals surface area (Å²) in [5.74, 6) is -0.765. The SMILES string of the molecule is CCOC(=O)[C@H](CC(C)(C)F)NC(=O)OCC1c2ccccc2-c2ccccc21. The summed E-state index contributed by atoms with van der Waals surface area (Å²) in [6, 6.07) is 14.9. The van der Waals surface area contributed by atoms with Crippen molar-refractivity contribution in [1.82, 2.24) is 5.32 Å². The highest BCUT2D eigenvalue weighted by Gasteiger charge is 2.32. The fourth-order valence-electron chi connectivity index (χ4n) is 3.70. The molecule has 0 fully saturated rings. The number of esters is 1. The molecule has 0 aliphatic heterocycles. The number of rotatable bonds is 7. The van der Waals surface area contributed by atoms with Crippen LogP contribution >= 0.6 is 0 Å². The number of carbonyl (C=O) groups is 2. The van der Waals surface area contributed by atoms with Crippen LogP contribution in [0.25, 0.3) is 11.1 Å². The third kappa shape index (κ3) is 4.94. The second kappa shape index (κ2) is 8.64. The largest absolute Gasteiger partial charge is 0.464 e. The van der Waals surface area contributed by atoms with Gasteiger partial charge in [-0.3, -0.25) is 0 Å².